The molecule has 144 valence electrons. The molecule has 2 rings (SSSR count). The molecule has 1 aliphatic rings. The number of amides is 2. The smallest absolute Gasteiger partial charge is 0.313 e. The molecule has 0 bridgehead atoms. The van der Waals surface area contributed by atoms with Gasteiger partial charge in [-0.25, -0.2) is 8.42 Å². The normalized spacial score (nSPS) is 18.7. The lowest BCUT2D eigenvalue weighted by molar-refractivity contribution is -0.144. The molecule has 1 heterocycles. The topological polar surface area (TPSA) is 86.8 Å². The van der Waals surface area contributed by atoms with Crippen molar-refractivity contribution in [2.45, 2.75) is 26.3 Å². The Balaban J connectivity index is 2.16. The zero-order valence-corrected chi connectivity index (χ0v) is 16.6. The summed E-state index contributed by atoms with van der Waals surface area (Å²) in [6.45, 7) is 4.63. The fraction of sp³-hybridized carbons (Fsp3) is 0.556. The first-order valence-corrected chi connectivity index (χ1v) is 10.5. The number of carbonyl (C=O) groups is 2. The van der Waals surface area contributed by atoms with Gasteiger partial charge in [0, 0.05) is 24.8 Å². The van der Waals surface area contributed by atoms with Crippen molar-refractivity contribution in [1.82, 2.24) is 9.80 Å². The van der Waals surface area contributed by atoms with Crippen LogP contribution in [0.1, 0.15) is 17.5 Å². The number of nitrogens with one attached hydrogen (secondary N) is 1. The van der Waals surface area contributed by atoms with E-state index in [1.165, 1.54) is 4.90 Å². The lowest BCUT2D eigenvalue weighted by atomic mass is 10.1. The van der Waals surface area contributed by atoms with Crippen LogP contribution in [-0.4, -0.2) is 74.8 Å². The molecule has 8 heteroatoms. The van der Waals surface area contributed by atoms with Gasteiger partial charge in [-0.3, -0.25) is 9.59 Å². The minimum absolute atomic E-state index is 0.0576. The van der Waals surface area contributed by atoms with E-state index >= 15 is 0 Å². The summed E-state index contributed by atoms with van der Waals surface area (Å²) in [5.74, 6) is -1.44. The van der Waals surface area contributed by atoms with Gasteiger partial charge in [-0.1, -0.05) is 12.1 Å². The van der Waals surface area contributed by atoms with E-state index in [2.05, 4.69) is 5.32 Å². The van der Waals surface area contributed by atoms with Gasteiger partial charge in [0.2, 0.25) is 0 Å². The predicted octanol–water partition coefficient (Wildman–Crippen LogP) is 0.819. The van der Waals surface area contributed by atoms with Crippen molar-refractivity contribution < 1.29 is 18.0 Å². The van der Waals surface area contributed by atoms with Gasteiger partial charge >= 0.3 is 11.8 Å². The van der Waals surface area contributed by atoms with Gasteiger partial charge in [-0.15, -0.1) is 0 Å². The van der Waals surface area contributed by atoms with Gasteiger partial charge in [-0.2, -0.15) is 0 Å². The Morgan fingerprint density at radius 2 is 1.88 bits per heavy atom. The van der Waals surface area contributed by atoms with Crippen LogP contribution in [0.15, 0.2) is 18.2 Å². The maximum atomic E-state index is 12.8. The van der Waals surface area contributed by atoms with Crippen molar-refractivity contribution in [2.24, 2.45) is 0 Å². The van der Waals surface area contributed by atoms with Gasteiger partial charge in [-0.05, 0) is 51.6 Å². The molecule has 1 atom stereocenters. The van der Waals surface area contributed by atoms with E-state index in [-0.39, 0.29) is 11.5 Å². The van der Waals surface area contributed by atoms with E-state index in [0.29, 0.717) is 25.2 Å². The fourth-order valence-electron chi connectivity index (χ4n) is 2.96. The maximum Gasteiger partial charge on any atom is 0.313 e. The molecule has 1 fully saturated rings. The van der Waals surface area contributed by atoms with Crippen molar-refractivity contribution >= 4 is 27.3 Å². The Labute approximate surface area is 155 Å². The second kappa shape index (κ2) is 8.18. The molecule has 0 saturated carbocycles. The average molecular weight is 381 g/mol. The number of carbonyl (C=O) groups excluding carboxylic acids is 2. The molecule has 7 nitrogen and oxygen atoms in total. The molecule has 1 N–H and O–H groups in total. The van der Waals surface area contributed by atoms with Crippen molar-refractivity contribution in [3.63, 3.8) is 0 Å². The summed E-state index contributed by atoms with van der Waals surface area (Å²) >= 11 is 0. The Hall–Kier alpha value is -1.93. The lowest BCUT2D eigenvalue weighted by Crippen LogP contribution is -2.49. The van der Waals surface area contributed by atoms with Crippen LogP contribution >= 0.6 is 0 Å². The number of anilines is 1. The monoisotopic (exact) mass is 381 g/mol. The summed E-state index contributed by atoms with van der Waals surface area (Å²) < 4.78 is 23.6. The third-order valence-electron chi connectivity index (χ3n) is 4.53. The van der Waals surface area contributed by atoms with Crippen molar-refractivity contribution in [1.29, 1.82) is 0 Å². The highest BCUT2D eigenvalue weighted by Crippen LogP contribution is 2.20. The Morgan fingerprint density at radius 1 is 1.19 bits per heavy atom. The predicted molar refractivity (Wildman–Crippen MR) is 102 cm³/mol. The third kappa shape index (κ3) is 5.28. The fourth-order valence-corrected chi connectivity index (χ4v) is 4.69. The first-order chi connectivity index (χ1) is 12.1. The van der Waals surface area contributed by atoms with Crippen LogP contribution < -0.4 is 5.32 Å². The number of likely N-dealkylation sites (N-methyl/N-ethyl adjacent to an activating group) is 1. The van der Waals surface area contributed by atoms with Crippen molar-refractivity contribution in [2.75, 3.05) is 44.0 Å². The van der Waals surface area contributed by atoms with E-state index in [1.807, 2.05) is 51.0 Å². The standard InChI is InChI=1S/C18H27N3O4S/c1-13-5-6-14(2)16(11-13)19-17(22)18(23)21(9-8-20(3)4)15-7-10-26(24,25)12-15/h5-6,11,15H,7-10,12H2,1-4H3,(H,19,22). The van der Waals surface area contributed by atoms with Crippen molar-refractivity contribution in [3.05, 3.63) is 29.3 Å². The number of hydrogen-bond donors (Lipinski definition) is 1. The molecule has 26 heavy (non-hydrogen) atoms. The molecular weight excluding hydrogens is 354 g/mol. The minimum atomic E-state index is -3.15. The zero-order valence-electron chi connectivity index (χ0n) is 15.8. The molecule has 0 aromatic heterocycles. The zero-order chi connectivity index (χ0) is 19.5. The summed E-state index contributed by atoms with van der Waals surface area (Å²) in [4.78, 5) is 28.6. The molecule has 0 aliphatic carbocycles. The summed E-state index contributed by atoms with van der Waals surface area (Å²) in [5.41, 5.74) is 2.43. The van der Waals surface area contributed by atoms with Crippen LogP contribution in [0.5, 0.6) is 0 Å². The van der Waals surface area contributed by atoms with Crippen LogP contribution in [0.2, 0.25) is 0 Å². The Morgan fingerprint density at radius 3 is 2.46 bits per heavy atom. The molecule has 1 aliphatic heterocycles. The molecule has 1 saturated heterocycles. The van der Waals surface area contributed by atoms with Gasteiger partial charge in [0.05, 0.1) is 11.5 Å². The number of hydrogen-bond acceptors (Lipinski definition) is 5. The average Bonchev–Trinajstić information content (AvgIpc) is 2.90. The van der Waals surface area contributed by atoms with Crippen LogP contribution in [0, 0.1) is 13.8 Å². The first kappa shape index (κ1) is 20.4. The second-order valence-electron chi connectivity index (χ2n) is 7.13. The van der Waals surface area contributed by atoms with E-state index in [9.17, 15) is 18.0 Å². The van der Waals surface area contributed by atoms with E-state index in [1.54, 1.807) is 0 Å². The number of benzene rings is 1. The quantitative estimate of drug-likeness (QED) is 0.763. The number of rotatable bonds is 5. The van der Waals surface area contributed by atoms with E-state index < -0.39 is 27.7 Å². The van der Waals surface area contributed by atoms with Gasteiger partial charge in [0.25, 0.3) is 0 Å². The Kier molecular flexibility index (Phi) is 6.41. The van der Waals surface area contributed by atoms with Crippen LogP contribution in [0.4, 0.5) is 5.69 Å². The Bertz CT molecular complexity index is 790. The van der Waals surface area contributed by atoms with Gasteiger partial charge in [0.15, 0.2) is 9.84 Å². The lowest BCUT2D eigenvalue weighted by Gasteiger charge is -2.29. The first-order valence-electron chi connectivity index (χ1n) is 8.63. The van der Waals surface area contributed by atoms with Crippen LogP contribution in [0.25, 0.3) is 0 Å². The largest absolute Gasteiger partial charge is 0.329 e. The molecular formula is C18H27N3O4S. The molecule has 1 aromatic carbocycles. The third-order valence-corrected chi connectivity index (χ3v) is 6.28. The van der Waals surface area contributed by atoms with E-state index in [4.69, 9.17) is 0 Å². The SMILES string of the molecule is Cc1ccc(C)c(NC(=O)C(=O)N(CCN(C)C)C2CCS(=O)(=O)C2)c1. The molecule has 2 amide bonds. The minimum Gasteiger partial charge on any atom is -0.329 e. The number of nitrogens with zero attached hydrogens (tertiary/aromatic N) is 2. The van der Waals surface area contributed by atoms with Crippen LogP contribution in [-0.2, 0) is 19.4 Å². The molecule has 1 unspecified atom stereocenters. The summed E-state index contributed by atoms with van der Waals surface area (Å²) in [6.07, 6.45) is 0.373. The van der Waals surface area contributed by atoms with Crippen molar-refractivity contribution in [3.8, 4) is 0 Å². The molecule has 0 spiro atoms. The van der Waals surface area contributed by atoms with Gasteiger partial charge in [0.1, 0.15) is 0 Å². The maximum absolute atomic E-state index is 12.8. The van der Waals surface area contributed by atoms with Gasteiger partial charge < -0.3 is 15.1 Å². The second-order valence-corrected chi connectivity index (χ2v) is 9.36. The summed E-state index contributed by atoms with van der Waals surface area (Å²) in [5, 5.41) is 2.67. The summed E-state index contributed by atoms with van der Waals surface area (Å²) in [6, 6.07) is 5.17. The number of sulfone groups is 1. The van der Waals surface area contributed by atoms with E-state index in [0.717, 1.165) is 11.1 Å². The highest BCUT2D eigenvalue weighted by molar-refractivity contribution is 7.91. The highest BCUT2D eigenvalue weighted by atomic mass is 32.2. The summed E-state index contributed by atoms with van der Waals surface area (Å²) in [7, 11) is 0.582. The molecule has 0 radical (unpaired) electrons. The molecule has 1 aromatic rings. The van der Waals surface area contributed by atoms with Crippen LogP contribution in [0.3, 0.4) is 0 Å². The number of aryl methyl sites for hydroxylation is 2. The highest BCUT2D eigenvalue weighted by Gasteiger charge is 2.36.